The van der Waals surface area contributed by atoms with Crippen LogP contribution in [-0.2, 0) is 32.7 Å². The van der Waals surface area contributed by atoms with E-state index in [0.29, 0.717) is 42.0 Å². The number of imidazole rings is 1. The molecule has 47 heavy (non-hydrogen) atoms. The topological polar surface area (TPSA) is 154 Å². The fourth-order valence-electron chi connectivity index (χ4n) is 4.71. The number of carbonyl (C=O) groups excluding carboxylic acids is 3. The zero-order chi connectivity index (χ0) is 33.9. The molecule has 12 heteroatoms. The molecule has 1 amide bonds. The number of esters is 2. The van der Waals surface area contributed by atoms with Crippen molar-refractivity contribution in [3.05, 3.63) is 83.8 Å². The van der Waals surface area contributed by atoms with Crippen LogP contribution >= 0.6 is 0 Å². The van der Waals surface area contributed by atoms with Crippen LogP contribution in [0.25, 0.3) is 11.0 Å². The molecular weight excluding hydrogens is 598 g/mol. The molecule has 0 aliphatic heterocycles. The molecule has 12 nitrogen and oxygen atoms in total. The summed E-state index contributed by atoms with van der Waals surface area (Å²) in [6, 6.07) is 18.1. The van der Waals surface area contributed by atoms with Gasteiger partial charge in [-0.1, -0.05) is 26.8 Å². The van der Waals surface area contributed by atoms with Crippen LogP contribution in [0.5, 0.6) is 0 Å². The molecular formula is C35H43N7O5. The minimum absolute atomic E-state index is 0.0528. The lowest BCUT2D eigenvalue weighted by Gasteiger charge is -2.21. The fraction of sp³-hybridized carbons (Fsp3) is 0.371. The Labute approximate surface area is 275 Å². The second kappa shape index (κ2) is 16.3. The van der Waals surface area contributed by atoms with E-state index in [1.54, 1.807) is 43.5 Å². The molecule has 2 aromatic carbocycles. The van der Waals surface area contributed by atoms with Crippen LogP contribution in [0.2, 0.25) is 0 Å². The number of aromatic nitrogens is 3. The van der Waals surface area contributed by atoms with E-state index < -0.39 is 6.23 Å². The van der Waals surface area contributed by atoms with E-state index in [1.165, 1.54) is 4.90 Å². The first-order valence-electron chi connectivity index (χ1n) is 15.8. The largest absolute Gasteiger partial charge is 0.466 e. The van der Waals surface area contributed by atoms with Crippen LogP contribution in [0, 0.1) is 5.92 Å². The second-order valence-electron chi connectivity index (χ2n) is 11.2. The van der Waals surface area contributed by atoms with E-state index in [2.05, 4.69) is 15.3 Å². The summed E-state index contributed by atoms with van der Waals surface area (Å²) in [7, 11) is 1.92. The van der Waals surface area contributed by atoms with Crippen molar-refractivity contribution in [1.82, 2.24) is 14.5 Å². The van der Waals surface area contributed by atoms with Gasteiger partial charge in [-0.25, -0.2) is 15.0 Å². The number of amides is 1. The van der Waals surface area contributed by atoms with E-state index >= 15 is 0 Å². The van der Waals surface area contributed by atoms with Gasteiger partial charge in [-0.3, -0.25) is 19.3 Å². The number of amidine groups is 1. The predicted molar refractivity (Wildman–Crippen MR) is 182 cm³/mol. The van der Waals surface area contributed by atoms with Gasteiger partial charge in [-0.15, -0.1) is 0 Å². The zero-order valence-electron chi connectivity index (χ0n) is 27.6. The Bertz CT molecular complexity index is 1700. The van der Waals surface area contributed by atoms with Gasteiger partial charge < -0.3 is 25.1 Å². The summed E-state index contributed by atoms with van der Waals surface area (Å²) in [5, 5.41) is 3.37. The monoisotopic (exact) mass is 641 g/mol. The number of anilines is 2. The van der Waals surface area contributed by atoms with Gasteiger partial charge >= 0.3 is 11.9 Å². The Balaban J connectivity index is 1.43. The summed E-state index contributed by atoms with van der Waals surface area (Å²) < 4.78 is 12.5. The van der Waals surface area contributed by atoms with Crippen LogP contribution in [0.1, 0.15) is 68.7 Å². The first-order valence-corrected chi connectivity index (χ1v) is 15.8. The van der Waals surface area contributed by atoms with Gasteiger partial charge in [-0.2, -0.15) is 0 Å². The van der Waals surface area contributed by atoms with E-state index in [0.717, 1.165) is 23.4 Å². The van der Waals surface area contributed by atoms with E-state index in [9.17, 15) is 14.4 Å². The van der Waals surface area contributed by atoms with Gasteiger partial charge in [-0.05, 0) is 74.4 Å². The number of nitrogens with zero attached hydrogens (tertiary/aromatic N) is 5. The highest BCUT2D eigenvalue weighted by molar-refractivity contribution is 6.07. The number of hydrogen-bond donors (Lipinski definition) is 2. The van der Waals surface area contributed by atoms with Crippen molar-refractivity contribution >= 4 is 46.2 Å². The van der Waals surface area contributed by atoms with Gasteiger partial charge in [0.15, 0.2) is 6.23 Å². The summed E-state index contributed by atoms with van der Waals surface area (Å²) in [5.41, 5.74) is 9.69. The molecule has 2 unspecified atom stereocenters. The van der Waals surface area contributed by atoms with Crippen LogP contribution in [-0.4, -0.2) is 57.6 Å². The number of nitrogens with two attached hydrogens (primary N) is 1. The molecule has 0 fully saturated rings. The van der Waals surface area contributed by atoms with E-state index in [1.807, 2.05) is 62.7 Å². The number of aliphatic imine (C=N–C) groups is 1. The molecule has 0 radical (unpaired) electrons. The van der Waals surface area contributed by atoms with Crippen LogP contribution in [0.3, 0.4) is 0 Å². The Hall–Kier alpha value is -5.26. The normalized spacial score (nSPS) is 12.7. The highest BCUT2D eigenvalue weighted by Gasteiger charge is 2.22. The molecule has 0 saturated carbocycles. The Morgan fingerprint density at radius 3 is 2.47 bits per heavy atom. The van der Waals surface area contributed by atoms with Crippen molar-refractivity contribution in [3.63, 3.8) is 0 Å². The number of rotatable bonds is 15. The van der Waals surface area contributed by atoms with Crippen molar-refractivity contribution in [3.8, 4) is 0 Å². The Kier molecular flexibility index (Phi) is 12.0. The summed E-state index contributed by atoms with van der Waals surface area (Å²) >= 11 is 0. The third-order valence-corrected chi connectivity index (χ3v) is 7.65. The second-order valence-corrected chi connectivity index (χ2v) is 11.2. The minimum atomic E-state index is -0.685. The van der Waals surface area contributed by atoms with Gasteiger partial charge in [0.05, 0.1) is 36.5 Å². The smallest absolute Gasteiger partial charge is 0.310 e. The highest BCUT2D eigenvalue weighted by Crippen LogP contribution is 2.21. The number of benzene rings is 2. The van der Waals surface area contributed by atoms with Crippen LogP contribution in [0.15, 0.2) is 71.9 Å². The minimum Gasteiger partial charge on any atom is -0.466 e. The van der Waals surface area contributed by atoms with Crippen molar-refractivity contribution in [2.45, 2.75) is 59.7 Å². The van der Waals surface area contributed by atoms with Crippen LogP contribution in [0.4, 0.5) is 11.5 Å². The lowest BCUT2D eigenvalue weighted by molar-refractivity contribution is -0.152. The number of nitrogens with one attached hydrogen (secondary N) is 1. The quantitative estimate of drug-likeness (QED) is 0.101. The van der Waals surface area contributed by atoms with Crippen molar-refractivity contribution in [1.29, 1.82) is 0 Å². The number of ether oxygens (including phenoxy) is 2. The average molecular weight is 642 g/mol. The standard InChI is InChI=1S/C35H43N7O5/c1-6-20-46-32(43)17-19-42(30-10-8-9-18-37-30)34(44)26-13-16-29-28(21-26)40-31(41(29)5)22-38-27-14-11-25(12-15-27)33(36)39-24(4)47-35(45)23(3)7-2/h8-16,18,21,23-24,38H,6-7,17,19-20,22H2,1-5H3,(H2,36,39). The number of aryl methyl sites for hydroxylation is 1. The number of pyridine rings is 1. The summed E-state index contributed by atoms with van der Waals surface area (Å²) in [4.78, 5) is 52.8. The lowest BCUT2D eigenvalue weighted by Crippen LogP contribution is -2.34. The number of hydrogen-bond acceptors (Lipinski definition) is 9. The highest BCUT2D eigenvalue weighted by atomic mass is 16.6. The molecule has 3 N–H and O–H groups in total. The Morgan fingerprint density at radius 1 is 1.04 bits per heavy atom. The first kappa shape index (κ1) is 34.6. The van der Waals surface area contributed by atoms with Crippen molar-refractivity contribution in [2.24, 2.45) is 23.7 Å². The molecule has 2 atom stereocenters. The van der Waals surface area contributed by atoms with Gasteiger partial charge in [0.1, 0.15) is 17.5 Å². The third-order valence-electron chi connectivity index (χ3n) is 7.65. The SMILES string of the molecule is CCCOC(=O)CCN(C(=O)c1ccc2c(c1)nc(CNc1ccc(/C(N)=N\C(C)OC(=O)C(C)CC)cc1)n2C)c1ccccn1. The molecule has 4 rings (SSSR count). The molecule has 0 spiro atoms. The molecule has 2 heterocycles. The van der Waals surface area contributed by atoms with Gasteiger partial charge in [0.2, 0.25) is 0 Å². The molecule has 0 aliphatic rings. The maximum absolute atomic E-state index is 13.7. The summed E-state index contributed by atoms with van der Waals surface area (Å²) in [6.07, 6.45) is 2.40. The third kappa shape index (κ3) is 9.15. The maximum Gasteiger partial charge on any atom is 0.310 e. The molecule has 248 valence electrons. The van der Waals surface area contributed by atoms with E-state index in [4.69, 9.17) is 20.2 Å². The average Bonchev–Trinajstić information content (AvgIpc) is 3.40. The molecule has 0 bridgehead atoms. The van der Waals surface area contributed by atoms with Crippen molar-refractivity contribution in [2.75, 3.05) is 23.4 Å². The summed E-state index contributed by atoms with van der Waals surface area (Å²) in [5.74, 6) is 0.357. The van der Waals surface area contributed by atoms with E-state index in [-0.39, 0.29) is 42.6 Å². The lowest BCUT2D eigenvalue weighted by atomic mass is 10.1. The molecule has 0 saturated heterocycles. The predicted octanol–water partition coefficient (Wildman–Crippen LogP) is 5.21. The van der Waals surface area contributed by atoms with Crippen LogP contribution < -0.4 is 16.0 Å². The first-order chi connectivity index (χ1) is 22.6. The van der Waals surface area contributed by atoms with Gasteiger partial charge in [0.25, 0.3) is 5.91 Å². The Morgan fingerprint density at radius 2 is 1.79 bits per heavy atom. The maximum atomic E-state index is 13.7. The molecule has 2 aromatic heterocycles. The fourth-order valence-corrected chi connectivity index (χ4v) is 4.71. The zero-order valence-corrected chi connectivity index (χ0v) is 27.6. The number of fused-ring (bicyclic) bond motifs is 1. The molecule has 4 aromatic rings. The summed E-state index contributed by atoms with van der Waals surface area (Å²) in [6.45, 7) is 8.26. The van der Waals surface area contributed by atoms with Crippen molar-refractivity contribution < 1.29 is 23.9 Å². The van der Waals surface area contributed by atoms with Gasteiger partial charge in [0, 0.05) is 36.6 Å². The number of carbonyl (C=O) groups is 3. The molecule has 0 aliphatic carbocycles.